The van der Waals surface area contributed by atoms with Crippen molar-refractivity contribution in [1.29, 1.82) is 0 Å². The number of benzene rings is 1. The van der Waals surface area contributed by atoms with Gasteiger partial charge in [0.1, 0.15) is 5.60 Å². The minimum atomic E-state index is -0.815. The molecule has 0 radical (unpaired) electrons. The van der Waals surface area contributed by atoms with Crippen LogP contribution in [-0.4, -0.2) is 17.8 Å². The molecule has 2 heterocycles. The van der Waals surface area contributed by atoms with Gasteiger partial charge in [-0.05, 0) is 23.8 Å². The van der Waals surface area contributed by atoms with E-state index in [0.29, 0.717) is 13.0 Å². The molecule has 3 rings (SSSR count). The Hall–Kier alpha value is -0.900. The van der Waals surface area contributed by atoms with E-state index in [1.54, 1.807) is 11.3 Å². The second kappa shape index (κ2) is 3.55. The topological polar surface area (TPSA) is 29.5 Å². The van der Waals surface area contributed by atoms with E-state index < -0.39 is 5.60 Å². The van der Waals surface area contributed by atoms with Crippen LogP contribution in [0.2, 0.25) is 0 Å². The molecule has 2 unspecified atom stereocenters. The minimum absolute atomic E-state index is 0.125. The highest BCUT2D eigenvalue weighted by atomic mass is 32.1. The number of thiophene rings is 1. The van der Waals surface area contributed by atoms with Crippen molar-refractivity contribution in [1.82, 2.24) is 0 Å². The van der Waals surface area contributed by atoms with Gasteiger partial charge in [-0.15, -0.1) is 11.3 Å². The number of ether oxygens (including phenoxy) is 1. The molecule has 3 heteroatoms. The molecule has 0 spiro atoms. The van der Waals surface area contributed by atoms with Gasteiger partial charge in [-0.2, -0.15) is 0 Å². The quantitative estimate of drug-likeness (QED) is 0.822. The maximum absolute atomic E-state index is 10.7. The van der Waals surface area contributed by atoms with E-state index in [9.17, 15) is 5.11 Å². The molecule has 1 aromatic heterocycles. The lowest BCUT2D eigenvalue weighted by atomic mass is 9.87. The van der Waals surface area contributed by atoms with E-state index in [0.717, 1.165) is 5.56 Å². The molecule has 0 aliphatic carbocycles. The van der Waals surface area contributed by atoms with Crippen molar-refractivity contribution < 1.29 is 9.84 Å². The van der Waals surface area contributed by atoms with Crippen LogP contribution in [0, 0.1) is 0 Å². The molecule has 2 aromatic rings. The van der Waals surface area contributed by atoms with E-state index in [1.165, 1.54) is 10.1 Å². The van der Waals surface area contributed by atoms with Gasteiger partial charge in [0.05, 0.1) is 12.7 Å². The van der Waals surface area contributed by atoms with Gasteiger partial charge >= 0.3 is 0 Å². The van der Waals surface area contributed by atoms with Crippen molar-refractivity contribution in [2.75, 3.05) is 6.61 Å². The highest BCUT2D eigenvalue weighted by Crippen LogP contribution is 2.40. The Kier molecular flexibility index (Phi) is 2.28. The third-order valence-electron chi connectivity index (χ3n) is 3.47. The van der Waals surface area contributed by atoms with Crippen LogP contribution >= 0.6 is 11.3 Å². The molecule has 1 N–H and O–H groups in total. The lowest BCUT2D eigenvalue weighted by Crippen LogP contribution is -2.33. The molecule has 16 heavy (non-hydrogen) atoms. The zero-order valence-corrected chi connectivity index (χ0v) is 9.96. The number of hydrogen-bond acceptors (Lipinski definition) is 3. The first-order valence-corrected chi connectivity index (χ1v) is 6.40. The van der Waals surface area contributed by atoms with Gasteiger partial charge in [-0.1, -0.05) is 18.2 Å². The van der Waals surface area contributed by atoms with Gasteiger partial charge in [0, 0.05) is 16.7 Å². The van der Waals surface area contributed by atoms with E-state index in [2.05, 4.69) is 17.5 Å². The summed E-state index contributed by atoms with van der Waals surface area (Å²) in [6.07, 6.45) is 0.561. The molecule has 1 aromatic carbocycles. The van der Waals surface area contributed by atoms with Crippen LogP contribution in [0.15, 0.2) is 29.6 Å². The van der Waals surface area contributed by atoms with Gasteiger partial charge in [0.15, 0.2) is 0 Å². The predicted molar refractivity (Wildman–Crippen MR) is 65.8 cm³/mol. The molecule has 0 bridgehead atoms. The fourth-order valence-electron chi connectivity index (χ4n) is 2.42. The summed E-state index contributed by atoms with van der Waals surface area (Å²) in [4.78, 5) is 0. The first-order chi connectivity index (χ1) is 7.72. The van der Waals surface area contributed by atoms with Crippen molar-refractivity contribution in [3.63, 3.8) is 0 Å². The smallest absolute Gasteiger partial charge is 0.119 e. The maximum atomic E-state index is 10.7. The normalized spacial score (nSPS) is 30.0. The minimum Gasteiger partial charge on any atom is -0.382 e. The van der Waals surface area contributed by atoms with E-state index in [1.807, 2.05) is 19.1 Å². The zero-order chi connectivity index (χ0) is 11.2. The molecular formula is C13H14O2S. The number of aliphatic hydroxyl groups is 1. The number of hydrogen-bond donors (Lipinski definition) is 1. The van der Waals surface area contributed by atoms with Crippen molar-refractivity contribution in [3.05, 3.63) is 35.2 Å². The number of fused-ring (bicyclic) bond motifs is 1. The molecule has 84 valence electrons. The Labute approximate surface area is 98.5 Å². The lowest BCUT2D eigenvalue weighted by molar-refractivity contribution is -0.0305. The van der Waals surface area contributed by atoms with Crippen molar-refractivity contribution in [3.8, 4) is 0 Å². The molecule has 0 saturated carbocycles. The first kappa shape index (κ1) is 10.3. The van der Waals surface area contributed by atoms with E-state index in [4.69, 9.17) is 4.74 Å². The molecule has 1 aliphatic heterocycles. The Morgan fingerprint density at radius 3 is 3.06 bits per heavy atom. The second-order valence-corrected chi connectivity index (χ2v) is 5.25. The van der Waals surface area contributed by atoms with Crippen LogP contribution in [0.3, 0.4) is 0 Å². The fraction of sp³-hybridized carbons (Fsp3) is 0.385. The molecule has 1 saturated heterocycles. The van der Waals surface area contributed by atoms with Crippen molar-refractivity contribution in [2.45, 2.75) is 25.0 Å². The summed E-state index contributed by atoms with van der Waals surface area (Å²) < 4.78 is 6.69. The summed E-state index contributed by atoms with van der Waals surface area (Å²) >= 11 is 1.69. The first-order valence-electron chi connectivity index (χ1n) is 5.52. The van der Waals surface area contributed by atoms with Gasteiger partial charge in [-0.25, -0.2) is 0 Å². The van der Waals surface area contributed by atoms with Gasteiger partial charge in [-0.3, -0.25) is 0 Å². The average Bonchev–Trinajstić information content (AvgIpc) is 2.86. The van der Waals surface area contributed by atoms with Gasteiger partial charge in [0.2, 0.25) is 0 Å². The van der Waals surface area contributed by atoms with Crippen LogP contribution in [0.25, 0.3) is 10.1 Å². The molecule has 2 nitrogen and oxygen atoms in total. The molecule has 2 atom stereocenters. The largest absolute Gasteiger partial charge is 0.382 e. The lowest BCUT2D eigenvalue weighted by Gasteiger charge is -2.27. The molecule has 1 fully saturated rings. The van der Waals surface area contributed by atoms with Crippen LogP contribution in [0.4, 0.5) is 0 Å². The summed E-state index contributed by atoms with van der Waals surface area (Å²) in [5.41, 5.74) is 0.203. The van der Waals surface area contributed by atoms with Gasteiger partial charge < -0.3 is 9.84 Å². The van der Waals surface area contributed by atoms with Crippen LogP contribution in [0.1, 0.15) is 18.9 Å². The number of rotatable bonds is 1. The predicted octanol–water partition coefficient (Wildman–Crippen LogP) is 2.90. The average molecular weight is 234 g/mol. The van der Waals surface area contributed by atoms with E-state index in [-0.39, 0.29) is 6.10 Å². The van der Waals surface area contributed by atoms with Crippen LogP contribution in [-0.2, 0) is 10.3 Å². The molecule has 1 aliphatic rings. The Morgan fingerprint density at radius 2 is 2.31 bits per heavy atom. The summed E-state index contributed by atoms with van der Waals surface area (Å²) in [6, 6.07) is 8.20. The Balaban J connectivity index is 2.21. The zero-order valence-electron chi connectivity index (χ0n) is 9.14. The van der Waals surface area contributed by atoms with Crippen LogP contribution in [0.5, 0.6) is 0 Å². The molecular weight excluding hydrogens is 220 g/mol. The highest BCUT2D eigenvalue weighted by Gasteiger charge is 2.42. The summed E-state index contributed by atoms with van der Waals surface area (Å²) in [5, 5.41) is 14.0. The fourth-order valence-corrected chi connectivity index (χ4v) is 3.41. The summed E-state index contributed by atoms with van der Waals surface area (Å²) in [7, 11) is 0. The highest BCUT2D eigenvalue weighted by molar-refractivity contribution is 7.17. The van der Waals surface area contributed by atoms with Crippen LogP contribution < -0.4 is 0 Å². The van der Waals surface area contributed by atoms with Crippen molar-refractivity contribution >= 4 is 21.4 Å². The third kappa shape index (κ3) is 1.32. The molecule has 0 amide bonds. The second-order valence-electron chi connectivity index (χ2n) is 4.33. The Bertz CT molecular complexity index is 519. The standard InChI is InChI=1S/C13H14O2S/c1-9-13(14,6-7-15-9)11-4-2-3-10-5-8-16-12(10)11/h2-5,8-9,14H,6-7H2,1H3. The maximum Gasteiger partial charge on any atom is 0.119 e. The SMILES string of the molecule is CC1OCCC1(O)c1cccc2ccsc12. The summed E-state index contributed by atoms with van der Waals surface area (Å²) in [5.74, 6) is 0. The monoisotopic (exact) mass is 234 g/mol. The van der Waals surface area contributed by atoms with Gasteiger partial charge in [0.25, 0.3) is 0 Å². The van der Waals surface area contributed by atoms with Crippen molar-refractivity contribution in [2.24, 2.45) is 0 Å². The summed E-state index contributed by atoms with van der Waals surface area (Å²) in [6.45, 7) is 2.58. The Morgan fingerprint density at radius 1 is 1.44 bits per heavy atom. The van der Waals surface area contributed by atoms with E-state index >= 15 is 0 Å². The third-order valence-corrected chi connectivity index (χ3v) is 4.43.